The predicted molar refractivity (Wildman–Crippen MR) is 79.2 cm³/mol. The maximum absolute atomic E-state index is 3.64. The summed E-state index contributed by atoms with van der Waals surface area (Å²) in [5, 5.41) is 1.10. The lowest BCUT2D eigenvalue weighted by Crippen LogP contribution is -2.11. The van der Waals surface area contributed by atoms with Crippen LogP contribution >= 0.6 is 31.9 Å². The van der Waals surface area contributed by atoms with E-state index >= 15 is 0 Å². The monoisotopic (exact) mass is 346 g/mol. The molecule has 0 N–H and O–H groups in total. The summed E-state index contributed by atoms with van der Waals surface area (Å²) in [6.07, 6.45) is 3.75. The van der Waals surface area contributed by atoms with Crippen LogP contribution in [0.4, 0.5) is 0 Å². The van der Waals surface area contributed by atoms with Crippen LogP contribution < -0.4 is 0 Å². The van der Waals surface area contributed by atoms with Gasteiger partial charge in [0.15, 0.2) is 0 Å². The zero-order valence-electron chi connectivity index (χ0n) is 10.0. The van der Waals surface area contributed by atoms with Gasteiger partial charge in [0.25, 0.3) is 0 Å². The Bertz CT molecular complexity index is 309. The highest BCUT2D eigenvalue weighted by Crippen LogP contribution is 2.25. The summed E-state index contributed by atoms with van der Waals surface area (Å²) >= 11 is 7.26. The third-order valence-corrected chi connectivity index (χ3v) is 4.81. The minimum absolute atomic E-state index is 0.744. The molecule has 2 unspecified atom stereocenters. The van der Waals surface area contributed by atoms with Gasteiger partial charge in [-0.3, -0.25) is 0 Å². The van der Waals surface area contributed by atoms with Gasteiger partial charge < -0.3 is 0 Å². The maximum atomic E-state index is 3.64. The Kier molecular flexibility index (Phi) is 6.67. The largest absolute Gasteiger partial charge is 0.0925 e. The Labute approximate surface area is 116 Å². The van der Waals surface area contributed by atoms with Crippen molar-refractivity contribution in [2.45, 2.75) is 33.1 Å². The molecule has 0 heterocycles. The van der Waals surface area contributed by atoms with Crippen LogP contribution in [0.5, 0.6) is 0 Å². The van der Waals surface area contributed by atoms with Gasteiger partial charge in [-0.1, -0.05) is 70.3 Å². The molecule has 1 aromatic carbocycles. The first-order valence-electron chi connectivity index (χ1n) is 5.96. The standard InChI is InChI=1S/C14H20Br2/c1-3-11(2)8-12(10-15)9-13-6-4-5-7-14(13)16/h4-7,11-12H,3,8-10H2,1-2H3. The van der Waals surface area contributed by atoms with Crippen molar-refractivity contribution in [1.82, 2.24) is 0 Å². The van der Waals surface area contributed by atoms with Gasteiger partial charge in [0.2, 0.25) is 0 Å². The van der Waals surface area contributed by atoms with Crippen molar-refractivity contribution in [3.63, 3.8) is 0 Å². The van der Waals surface area contributed by atoms with Crippen LogP contribution in [-0.4, -0.2) is 5.33 Å². The highest BCUT2D eigenvalue weighted by Gasteiger charge is 2.13. The molecular weight excluding hydrogens is 328 g/mol. The van der Waals surface area contributed by atoms with Crippen LogP contribution in [0.1, 0.15) is 32.3 Å². The van der Waals surface area contributed by atoms with E-state index in [0.717, 1.165) is 23.6 Å². The molecule has 2 heteroatoms. The first-order chi connectivity index (χ1) is 7.67. The fourth-order valence-electron chi connectivity index (χ4n) is 1.91. The Morgan fingerprint density at radius 1 is 1.25 bits per heavy atom. The average molecular weight is 348 g/mol. The number of rotatable bonds is 6. The molecule has 1 rings (SSSR count). The van der Waals surface area contributed by atoms with E-state index in [1.807, 2.05) is 0 Å². The fourth-order valence-corrected chi connectivity index (χ4v) is 2.85. The Morgan fingerprint density at radius 3 is 2.50 bits per heavy atom. The zero-order chi connectivity index (χ0) is 12.0. The van der Waals surface area contributed by atoms with E-state index in [1.165, 1.54) is 22.9 Å². The second kappa shape index (κ2) is 7.50. The van der Waals surface area contributed by atoms with Crippen LogP contribution in [0.3, 0.4) is 0 Å². The van der Waals surface area contributed by atoms with Crippen LogP contribution in [0.15, 0.2) is 28.7 Å². The molecular formula is C14H20Br2. The number of hydrogen-bond donors (Lipinski definition) is 0. The number of benzene rings is 1. The van der Waals surface area contributed by atoms with Gasteiger partial charge in [-0.05, 0) is 36.3 Å². The molecule has 0 saturated heterocycles. The topological polar surface area (TPSA) is 0 Å². The molecule has 0 amide bonds. The van der Waals surface area contributed by atoms with E-state index in [0.29, 0.717) is 0 Å². The molecule has 0 saturated carbocycles. The number of alkyl halides is 1. The highest BCUT2D eigenvalue weighted by molar-refractivity contribution is 9.10. The first kappa shape index (κ1) is 14.2. The molecule has 0 aliphatic carbocycles. The van der Waals surface area contributed by atoms with E-state index in [1.54, 1.807) is 0 Å². The fraction of sp³-hybridized carbons (Fsp3) is 0.571. The molecule has 0 radical (unpaired) electrons. The molecule has 0 fully saturated rings. The van der Waals surface area contributed by atoms with Gasteiger partial charge in [0, 0.05) is 9.80 Å². The van der Waals surface area contributed by atoms with Gasteiger partial charge >= 0.3 is 0 Å². The SMILES string of the molecule is CCC(C)CC(CBr)Cc1ccccc1Br. The third-order valence-electron chi connectivity index (χ3n) is 3.12. The Morgan fingerprint density at radius 2 is 1.94 bits per heavy atom. The average Bonchev–Trinajstić information content (AvgIpc) is 2.30. The summed E-state index contributed by atoms with van der Waals surface area (Å²) in [6.45, 7) is 4.62. The summed E-state index contributed by atoms with van der Waals surface area (Å²) in [6, 6.07) is 8.54. The third kappa shape index (κ3) is 4.58. The number of hydrogen-bond acceptors (Lipinski definition) is 0. The second-order valence-electron chi connectivity index (χ2n) is 4.56. The smallest absolute Gasteiger partial charge is 0.0207 e. The summed E-state index contributed by atoms with van der Waals surface area (Å²) in [5.41, 5.74) is 1.43. The van der Waals surface area contributed by atoms with Gasteiger partial charge in [0.05, 0.1) is 0 Å². The molecule has 0 spiro atoms. The van der Waals surface area contributed by atoms with Crippen molar-refractivity contribution < 1.29 is 0 Å². The lowest BCUT2D eigenvalue weighted by molar-refractivity contribution is 0.410. The molecule has 1 aromatic rings. The van der Waals surface area contributed by atoms with E-state index < -0.39 is 0 Å². The molecule has 0 bridgehead atoms. The van der Waals surface area contributed by atoms with Crippen molar-refractivity contribution >= 4 is 31.9 Å². The summed E-state index contributed by atoms with van der Waals surface area (Å²) in [5.74, 6) is 1.57. The highest BCUT2D eigenvalue weighted by atomic mass is 79.9. The molecule has 0 nitrogen and oxygen atoms in total. The van der Waals surface area contributed by atoms with Crippen molar-refractivity contribution in [2.75, 3.05) is 5.33 Å². The Hall–Kier alpha value is 0.180. The summed E-state index contributed by atoms with van der Waals surface area (Å²) in [7, 11) is 0. The minimum Gasteiger partial charge on any atom is -0.0925 e. The van der Waals surface area contributed by atoms with Crippen LogP contribution in [0, 0.1) is 11.8 Å². The van der Waals surface area contributed by atoms with E-state index in [-0.39, 0.29) is 0 Å². The minimum atomic E-state index is 0.744. The predicted octanol–water partition coefficient (Wildman–Crippen LogP) is 5.44. The molecule has 16 heavy (non-hydrogen) atoms. The van der Waals surface area contributed by atoms with Gasteiger partial charge in [0.1, 0.15) is 0 Å². The van der Waals surface area contributed by atoms with Crippen LogP contribution in [-0.2, 0) is 6.42 Å². The molecule has 0 aliphatic heterocycles. The molecule has 2 atom stereocenters. The summed E-state index contributed by atoms with van der Waals surface area (Å²) < 4.78 is 1.24. The van der Waals surface area contributed by atoms with Crippen molar-refractivity contribution in [3.05, 3.63) is 34.3 Å². The van der Waals surface area contributed by atoms with Gasteiger partial charge in [-0.25, -0.2) is 0 Å². The van der Waals surface area contributed by atoms with Crippen LogP contribution in [0.25, 0.3) is 0 Å². The lowest BCUT2D eigenvalue weighted by atomic mass is 9.90. The first-order valence-corrected chi connectivity index (χ1v) is 7.88. The van der Waals surface area contributed by atoms with Crippen molar-refractivity contribution in [1.29, 1.82) is 0 Å². The van der Waals surface area contributed by atoms with Crippen molar-refractivity contribution in [3.8, 4) is 0 Å². The second-order valence-corrected chi connectivity index (χ2v) is 6.07. The summed E-state index contributed by atoms with van der Waals surface area (Å²) in [4.78, 5) is 0. The van der Waals surface area contributed by atoms with Gasteiger partial charge in [-0.2, -0.15) is 0 Å². The maximum Gasteiger partial charge on any atom is 0.0207 e. The lowest BCUT2D eigenvalue weighted by Gasteiger charge is -2.18. The molecule has 0 aromatic heterocycles. The van der Waals surface area contributed by atoms with Gasteiger partial charge in [-0.15, -0.1) is 0 Å². The normalized spacial score (nSPS) is 14.8. The van der Waals surface area contributed by atoms with Crippen LogP contribution in [0.2, 0.25) is 0 Å². The number of halogens is 2. The Balaban J connectivity index is 2.60. The van der Waals surface area contributed by atoms with E-state index in [4.69, 9.17) is 0 Å². The quantitative estimate of drug-likeness (QED) is 0.601. The molecule has 90 valence electrons. The van der Waals surface area contributed by atoms with Crippen molar-refractivity contribution in [2.24, 2.45) is 11.8 Å². The molecule has 0 aliphatic rings. The zero-order valence-corrected chi connectivity index (χ0v) is 13.2. The van der Waals surface area contributed by atoms with E-state index in [9.17, 15) is 0 Å². The van der Waals surface area contributed by atoms with E-state index in [2.05, 4.69) is 70.0 Å².